The second-order valence-corrected chi connectivity index (χ2v) is 3.94. The third-order valence-electron chi connectivity index (χ3n) is 2.49. The molecule has 2 nitrogen and oxygen atoms in total. The highest BCUT2D eigenvalue weighted by atomic mass is 35.5. The van der Waals surface area contributed by atoms with Crippen molar-refractivity contribution in [2.75, 3.05) is 0 Å². The molecule has 0 aliphatic rings. The molecular formula is C12H11ClF2N2. The second kappa shape index (κ2) is 4.84. The molecule has 0 spiro atoms. The van der Waals surface area contributed by atoms with E-state index in [0.29, 0.717) is 5.82 Å². The predicted molar refractivity (Wildman–Crippen MR) is 62.1 cm³/mol. The number of hydrogen-bond acceptors (Lipinski definition) is 1. The molecule has 17 heavy (non-hydrogen) atoms. The highest BCUT2D eigenvalue weighted by Gasteiger charge is 2.32. The first-order valence-electron chi connectivity index (χ1n) is 5.13. The van der Waals surface area contributed by atoms with Gasteiger partial charge in [-0.25, -0.2) is 4.98 Å². The molecule has 2 rings (SSSR count). The minimum absolute atomic E-state index is 0.00535. The van der Waals surface area contributed by atoms with Crippen LogP contribution in [0.25, 0.3) is 0 Å². The van der Waals surface area contributed by atoms with Gasteiger partial charge in [-0.05, 0) is 0 Å². The summed E-state index contributed by atoms with van der Waals surface area (Å²) in [6.45, 7) is -0.445. The number of imidazole rings is 1. The molecular weight excluding hydrogens is 246 g/mol. The van der Waals surface area contributed by atoms with Crippen LogP contribution in [0.1, 0.15) is 11.4 Å². The number of aromatic nitrogens is 2. The Hall–Kier alpha value is -1.42. The standard InChI is InChI=1S/C12H11ClF2N2/c13-8-11-16-6-7-17(11)9-12(14,15)10-4-2-1-3-5-10/h1-7H,8-9H2. The van der Waals surface area contributed by atoms with Crippen LogP contribution in [0.15, 0.2) is 42.7 Å². The van der Waals surface area contributed by atoms with Crippen LogP contribution >= 0.6 is 11.6 Å². The lowest BCUT2D eigenvalue weighted by atomic mass is 10.1. The molecule has 0 N–H and O–H groups in total. The van der Waals surface area contributed by atoms with Gasteiger partial charge < -0.3 is 4.57 Å². The maximum atomic E-state index is 13.9. The second-order valence-electron chi connectivity index (χ2n) is 3.68. The molecule has 90 valence electrons. The molecule has 1 aromatic heterocycles. The molecule has 1 heterocycles. The molecule has 0 aliphatic carbocycles. The minimum Gasteiger partial charge on any atom is -0.327 e. The Morgan fingerprint density at radius 3 is 2.59 bits per heavy atom. The van der Waals surface area contributed by atoms with Gasteiger partial charge in [0.15, 0.2) is 0 Å². The first-order valence-corrected chi connectivity index (χ1v) is 5.66. The van der Waals surface area contributed by atoms with E-state index in [0.717, 1.165) is 0 Å². The molecule has 0 saturated carbocycles. The molecule has 0 bridgehead atoms. The van der Waals surface area contributed by atoms with Crippen molar-refractivity contribution in [2.24, 2.45) is 0 Å². The Kier molecular flexibility index (Phi) is 3.43. The number of nitrogens with zero attached hydrogens (tertiary/aromatic N) is 2. The largest absolute Gasteiger partial charge is 0.327 e. The van der Waals surface area contributed by atoms with Gasteiger partial charge >= 0.3 is 0 Å². The van der Waals surface area contributed by atoms with Gasteiger partial charge in [-0.2, -0.15) is 8.78 Å². The van der Waals surface area contributed by atoms with Crippen molar-refractivity contribution < 1.29 is 8.78 Å². The van der Waals surface area contributed by atoms with E-state index in [4.69, 9.17) is 11.6 Å². The molecule has 1 aromatic carbocycles. The lowest BCUT2D eigenvalue weighted by Gasteiger charge is -2.18. The lowest BCUT2D eigenvalue weighted by molar-refractivity contribution is -0.0228. The van der Waals surface area contributed by atoms with Gasteiger partial charge in [0.2, 0.25) is 0 Å². The molecule has 0 fully saturated rings. The average molecular weight is 257 g/mol. The van der Waals surface area contributed by atoms with Crippen molar-refractivity contribution in [1.29, 1.82) is 0 Å². The van der Waals surface area contributed by atoms with Crippen molar-refractivity contribution in [3.05, 3.63) is 54.1 Å². The van der Waals surface area contributed by atoms with E-state index in [2.05, 4.69) is 4.98 Å². The van der Waals surface area contributed by atoms with Crippen molar-refractivity contribution >= 4 is 11.6 Å². The van der Waals surface area contributed by atoms with Crippen LogP contribution in [0.5, 0.6) is 0 Å². The van der Waals surface area contributed by atoms with Crippen molar-refractivity contribution in [1.82, 2.24) is 9.55 Å². The van der Waals surface area contributed by atoms with Crippen LogP contribution in [0.2, 0.25) is 0 Å². The van der Waals surface area contributed by atoms with E-state index in [1.807, 2.05) is 0 Å². The quantitative estimate of drug-likeness (QED) is 0.767. The highest BCUT2D eigenvalue weighted by molar-refractivity contribution is 6.16. The maximum Gasteiger partial charge on any atom is 0.290 e. The van der Waals surface area contributed by atoms with E-state index in [9.17, 15) is 8.78 Å². The minimum atomic E-state index is -2.93. The summed E-state index contributed by atoms with van der Waals surface area (Å²) in [5.74, 6) is -2.36. The van der Waals surface area contributed by atoms with Crippen LogP contribution < -0.4 is 0 Å². The summed E-state index contributed by atoms with van der Waals surface area (Å²) >= 11 is 5.62. The number of halogens is 3. The maximum absolute atomic E-state index is 13.9. The number of benzene rings is 1. The summed E-state index contributed by atoms with van der Waals surface area (Å²) in [6, 6.07) is 7.73. The Balaban J connectivity index is 2.23. The van der Waals surface area contributed by atoms with E-state index in [1.54, 1.807) is 18.2 Å². The summed E-state index contributed by atoms with van der Waals surface area (Å²) in [6.07, 6.45) is 2.98. The SMILES string of the molecule is FC(F)(Cn1ccnc1CCl)c1ccccc1. The van der Waals surface area contributed by atoms with Crippen LogP contribution in [0.3, 0.4) is 0 Å². The van der Waals surface area contributed by atoms with Gasteiger partial charge in [0.25, 0.3) is 5.92 Å². The zero-order valence-corrected chi connectivity index (χ0v) is 9.74. The summed E-state index contributed by atoms with van der Waals surface area (Å²) in [5, 5.41) is 0. The fraction of sp³-hybridized carbons (Fsp3) is 0.250. The van der Waals surface area contributed by atoms with Crippen LogP contribution in [0, 0.1) is 0 Å². The summed E-state index contributed by atoms with van der Waals surface area (Å²) in [5.41, 5.74) is -0.00535. The Bertz CT molecular complexity index is 482. The Morgan fingerprint density at radius 2 is 1.94 bits per heavy atom. The molecule has 0 atom stereocenters. The van der Waals surface area contributed by atoms with Crippen LogP contribution in [-0.4, -0.2) is 9.55 Å². The summed E-state index contributed by atoms with van der Waals surface area (Å²) < 4.78 is 29.3. The van der Waals surface area contributed by atoms with Crippen molar-refractivity contribution in [2.45, 2.75) is 18.3 Å². The summed E-state index contributed by atoms with van der Waals surface area (Å²) in [7, 11) is 0. The number of alkyl halides is 3. The zero-order chi connectivity index (χ0) is 12.3. The third kappa shape index (κ3) is 2.64. The van der Waals surface area contributed by atoms with Gasteiger partial charge in [0.05, 0.1) is 12.4 Å². The van der Waals surface area contributed by atoms with E-state index < -0.39 is 12.5 Å². The first-order chi connectivity index (χ1) is 8.13. The van der Waals surface area contributed by atoms with Crippen LogP contribution in [0.4, 0.5) is 8.78 Å². The van der Waals surface area contributed by atoms with Crippen LogP contribution in [-0.2, 0) is 18.3 Å². The monoisotopic (exact) mass is 256 g/mol. The van der Waals surface area contributed by atoms with Gasteiger partial charge in [0.1, 0.15) is 5.82 Å². The summed E-state index contributed by atoms with van der Waals surface area (Å²) in [4.78, 5) is 3.91. The molecule has 0 amide bonds. The van der Waals surface area contributed by atoms with E-state index in [-0.39, 0.29) is 11.4 Å². The predicted octanol–water partition coefficient (Wildman–Crippen LogP) is 3.41. The first kappa shape index (κ1) is 12.0. The van der Waals surface area contributed by atoms with Gasteiger partial charge in [-0.3, -0.25) is 0 Å². The average Bonchev–Trinajstić information content (AvgIpc) is 2.77. The van der Waals surface area contributed by atoms with E-state index in [1.165, 1.54) is 29.1 Å². The normalized spacial score (nSPS) is 11.7. The van der Waals surface area contributed by atoms with Crippen molar-refractivity contribution in [3.63, 3.8) is 0 Å². The molecule has 0 unspecified atom stereocenters. The van der Waals surface area contributed by atoms with Crippen molar-refractivity contribution in [3.8, 4) is 0 Å². The molecule has 2 aromatic rings. The van der Waals surface area contributed by atoms with Gasteiger partial charge in [-0.15, -0.1) is 11.6 Å². The molecule has 0 radical (unpaired) electrons. The number of rotatable bonds is 4. The van der Waals surface area contributed by atoms with Gasteiger partial charge in [0, 0.05) is 18.0 Å². The smallest absolute Gasteiger partial charge is 0.290 e. The van der Waals surface area contributed by atoms with Gasteiger partial charge in [-0.1, -0.05) is 30.3 Å². The number of hydrogen-bond donors (Lipinski definition) is 0. The molecule has 0 saturated heterocycles. The molecule has 0 aliphatic heterocycles. The topological polar surface area (TPSA) is 17.8 Å². The highest BCUT2D eigenvalue weighted by Crippen LogP contribution is 2.30. The van der Waals surface area contributed by atoms with E-state index >= 15 is 0 Å². The Labute approximate surface area is 103 Å². The fourth-order valence-electron chi connectivity index (χ4n) is 1.60. The fourth-order valence-corrected chi connectivity index (χ4v) is 1.83. The third-order valence-corrected chi connectivity index (χ3v) is 2.73. The molecule has 5 heteroatoms. The lowest BCUT2D eigenvalue weighted by Crippen LogP contribution is -2.22. The Morgan fingerprint density at radius 1 is 1.24 bits per heavy atom. The zero-order valence-electron chi connectivity index (χ0n) is 8.98.